The van der Waals surface area contributed by atoms with Gasteiger partial charge in [0, 0.05) is 23.3 Å². The highest BCUT2D eigenvalue weighted by molar-refractivity contribution is 7.14. The molecule has 29 heavy (non-hydrogen) atoms. The highest BCUT2D eigenvalue weighted by Crippen LogP contribution is 2.27. The quantitative estimate of drug-likeness (QED) is 0.351. The van der Waals surface area contributed by atoms with E-state index in [1.807, 2.05) is 29.6 Å². The zero-order chi connectivity index (χ0) is 20.1. The topological polar surface area (TPSA) is 64.1 Å². The molecule has 0 aliphatic rings. The van der Waals surface area contributed by atoms with E-state index in [1.165, 1.54) is 17.4 Å². The molecule has 0 aliphatic heterocycles. The number of thiazole rings is 1. The minimum Gasteiger partial charge on any atom is -0.426 e. The number of halogens is 1. The van der Waals surface area contributed by atoms with Crippen LogP contribution in [-0.4, -0.2) is 15.9 Å². The summed E-state index contributed by atoms with van der Waals surface area (Å²) < 4.78 is 19.0. The summed E-state index contributed by atoms with van der Waals surface area (Å²) in [4.78, 5) is 21.0. The Morgan fingerprint density at radius 1 is 1.03 bits per heavy atom. The number of carbonyl (C=O) groups excluding carboxylic acids is 1. The smallest absolute Gasteiger partial charge is 0.315 e. The highest BCUT2D eigenvalue weighted by atomic mass is 32.1. The lowest BCUT2D eigenvalue weighted by Crippen LogP contribution is -2.12. The van der Waals surface area contributed by atoms with Crippen molar-refractivity contribution in [2.45, 2.75) is 6.42 Å². The van der Waals surface area contributed by atoms with Crippen molar-refractivity contribution in [1.82, 2.24) is 9.97 Å². The van der Waals surface area contributed by atoms with Crippen LogP contribution in [0.2, 0.25) is 0 Å². The molecule has 2 heterocycles. The lowest BCUT2D eigenvalue weighted by Gasteiger charge is -2.08. The molecule has 0 radical (unpaired) electrons. The molecule has 4 rings (SSSR count). The van der Waals surface area contributed by atoms with E-state index < -0.39 is 11.8 Å². The number of benzene rings is 2. The SMILES string of the molecule is O=C(Cc1ccccc1F)Oc1cccc(Nc2nc(-c3ccccn3)cs2)c1. The molecule has 0 spiro atoms. The standard InChI is InChI=1S/C22H16FN3O2S/c23-18-9-2-1-6-15(18)12-21(27)28-17-8-5-7-16(13-17)25-22-26-20(14-29-22)19-10-3-4-11-24-19/h1-11,13-14H,12H2,(H,25,26). The second-order valence-electron chi connectivity index (χ2n) is 6.15. The van der Waals surface area contributed by atoms with Crippen LogP contribution in [0.4, 0.5) is 15.2 Å². The Kier molecular flexibility index (Phi) is 5.58. The Morgan fingerprint density at radius 2 is 1.90 bits per heavy atom. The molecule has 1 N–H and O–H groups in total. The lowest BCUT2D eigenvalue weighted by atomic mass is 10.1. The summed E-state index contributed by atoms with van der Waals surface area (Å²) >= 11 is 1.45. The molecule has 0 saturated heterocycles. The number of esters is 1. The number of ether oxygens (including phenoxy) is 1. The molecule has 0 bridgehead atoms. The molecule has 2 aromatic heterocycles. The molecular weight excluding hydrogens is 389 g/mol. The summed E-state index contributed by atoms with van der Waals surface area (Å²) in [5.41, 5.74) is 2.61. The van der Waals surface area contributed by atoms with Gasteiger partial charge in [-0.15, -0.1) is 11.3 Å². The molecule has 7 heteroatoms. The van der Waals surface area contributed by atoms with Gasteiger partial charge >= 0.3 is 5.97 Å². The van der Waals surface area contributed by atoms with Crippen LogP contribution in [0.1, 0.15) is 5.56 Å². The van der Waals surface area contributed by atoms with E-state index in [2.05, 4.69) is 15.3 Å². The third-order valence-corrected chi connectivity index (χ3v) is 4.80. The Morgan fingerprint density at radius 3 is 2.72 bits per heavy atom. The average Bonchev–Trinajstić information content (AvgIpc) is 3.19. The van der Waals surface area contributed by atoms with Crippen LogP contribution in [0.3, 0.4) is 0 Å². The molecule has 0 saturated carbocycles. The number of aromatic nitrogens is 2. The van der Waals surface area contributed by atoms with E-state index in [4.69, 9.17) is 4.74 Å². The first-order valence-corrected chi connectivity index (χ1v) is 9.73. The maximum atomic E-state index is 13.7. The third-order valence-electron chi connectivity index (χ3n) is 4.04. The Bertz CT molecular complexity index is 1130. The molecule has 4 aromatic rings. The molecule has 144 valence electrons. The van der Waals surface area contributed by atoms with Crippen LogP contribution in [0.15, 0.2) is 78.3 Å². The number of anilines is 2. The van der Waals surface area contributed by atoms with Crippen LogP contribution >= 0.6 is 11.3 Å². The zero-order valence-corrected chi connectivity index (χ0v) is 16.0. The number of pyridine rings is 1. The summed E-state index contributed by atoms with van der Waals surface area (Å²) in [6.45, 7) is 0. The van der Waals surface area contributed by atoms with Gasteiger partial charge in [0.1, 0.15) is 17.3 Å². The first-order chi connectivity index (χ1) is 14.2. The highest BCUT2D eigenvalue weighted by Gasteiger charge is 2.11. The molecule has 2 aromatic carbocycles. The fraction of sp³-hybridized carbons (Fsp3) is 0.0455. The van der Waals surface area contributed by atoms with Crippen molar-refractivity contribution in [3.8, 4) is 17.1 Å². The van der Waals surface area contributed by atoms with Crippen molar-refractivity contribution in [1.29, 1.82) is 0 Å². The number of rotatable bonds is 6. The molecular formula is C22H16FN3O2S. The molecule has 5 nitrogen and oxygen atoms in total. The van der Waals surface area contributed by atoms with Gasteiger partial charge in [-0.1, -0.05) is 30.3 Å². The summed E-state index contributed by atoms with van der Waals surface area (Å²) in [7, 11) is 0. The van der Waals surface area contributed by atoms with Crippen LogP contribution in [0.25, 0.3) is 11.4 Å². The van der Waals surface area contributed by atoms with Crippen LogP contribution < -0.4 is 10.1 Å². The fourth-order valence-electron chi connectivity index (χ4n) is 2.69. The lowest BCUT2D eigenvalue weighted by molar-refractivity contribution is -0.133. The predicted molar refractivity (Wildman–Crippen MR) is 111 cm³/mol. The van der Waals surface area contributed by atoms with Gasteiger partial charge in [0.25, 0.3) is 0 Å². The summed E-state index contributed by atoms with van der Waals surface area (Å²) in [5.74, 6) is -0.580. The van der Waals surface area contributed by atoms with Crippen LogP contribution in [0, 0.1) is 5.82 Å². The normalized spacial score (nSPS) is 10.5. The number of carbonyl (C=O) groups is 1. The van der Waals surface area contributed by atoms with Crippen LogP contribution in [0.5, 0.6) is 5.75 Å². The maximum absolute atomic E-state index is 13.7. The van der Waals surface area contributed by atoms with Crippen LogP contribution in [-0.2, 0) is 11.2 Å². The van der Waals surface area contributed by atoms with E-state index in [1.54, 1.807) is 42.6 Å². The summed E-state index contributed by atoms with van der Waals surface area (Å²) in [6.07, 6.45) is 1.59. The van der Waals surface area contributed by atoms with Gasteiger partial charge in [-0.25, -0.2) is 9.37 Å². The fourth-order valence-corrected chi connectivity index (χ4v) is 3.41. The first-order valence-electron chi connectivity index (χ1n) is 8.85. The van der Waals surface area contributed by atoms with E-state index >= 15 is 0 Å². The predicted octanol–water partition coefficient (Wildman–Crippen LogP) is 5.24. The van der Waals surface area contributed by atoms with Crippen molar-refractivity contribution in [2.24, 2.45) is 0 Å². The van der Waals surface area contributed by atoms with Gasteiger partial charge < -0.3 is 10.1 Å². The average molecular weight is 405 g/mol. The van der Waals surface area contributed by atoms with Crippen molar-refractivity contribution >= 4 is 28.1 Å². The molecule has 0 unspecified atom stereocenters. The maximum Gasteiger partial charge on any atom is 0.315 e. The van der Waals surface area contributed by atoms with E-state index in [0.717, 1.165) is 17.1 Å². The third kappa shape index (κ3) is 4.83. The largest absolute Gasteiger partial charge is 0.426 e. The van der Waals surface area contributed by atoms with Gasteiger partial charge in [0.15, 0.2) is 5.13 Å². The summed E-state index contributed by atoms with van der Waals surface area (Å²) in [5, 5.41) is 5.81. The Balaban J connectivity index is 1.42. The first kappa shape index (κ1) is 18.8. The van der Waals surface area contributed by atoms with Crippen molar-refractivity contribution in [3.05, 3.63) is 89.7 Å². The van der Waals surface area contributed by atoms with Gasteiger partial charge in [-0.2, -0.15) is 0 Å². The monoisotopic (exact) mass is 405 g/mol. The van der Waals surface area contributed by atoms with E-state index in [0.29, 0.717) is 16.4 Å². The number of hydrogen-bond donors (Lipinski definition) is 1. The molecule has 0 fully saturated rings. The Hall–Kier alpha value is -3.58. The van der Waals surface area contributed by atoms with Crippen molar-refractivity contribution < 1.29 is 13.9 Å². The molecule has 0 aliphatic carbocycles. The zero-order valence-electron chi connectivity index (χ0n) is 15.2. The number of hydrogen-bond acceptors (Lipinski definition) is 6. The number of nitrogens with one attached hydrogen (secondary N) is 1. The second-order valence-corrected chi connectivity index (χ2v) is 7.01. The summed E-state index contributed by atoms with van der Waals surface area (Å²) in [6, 6.07) is 18.8. The van der Waals surface area contributed by atoms with Crippen molar-refractivity contribution in [3.63, 3.8) is 0 Å². The van der Waals surface area contributed by atoms with Gasteiger partial charge in [-0.05, 0) is 35.9 Å². The molecule has 0 amide bonds. The van der Waals surface area contributed by atoms with E-state index in [9.17, 15) is 9.18 Å². The molecule has 0 atom stereocenters. The van der Waals surface area contributed by atoms with Crippen molar-refractivity contribution in [2.75, 3.05) is 5.32 Å². The second kappa shape index (κ2) is 8.62. The van der Waals surface area contributed by atoms with Gasteiger partial charge in [0.2, 0.25) is 0 Å². The number of nitrogens with zero attached hydrogens (tertiary/aromatic N) is 2. The minimum atomic E-state index is -0.529. The van der Waals surface area contributed by atoms with Gasteiger partial charge in [-0.3, -0.25) is 9.78 Å². The van der Waals surface area contributed by atoms with Gasteiger partial charge in [0.05, 0.1) is 12.1 Å². The minimum absolute atomic E-state index is 0.135. The van der Waals surface area contributed by atoms with E-state index in [-0.39, 0.29) is 6.42 Å². The Labute approximate surface area is 170 Å².